The van der Waals surface area contributed by atoms with Gasteiger partial charge in [-0.05, 0) is 17.7 Å². The van der Waals surface area contributed by atoms with E-state index in [4.69, 9.17) is 9.15 Å². The van der Waals surface area contributed by atoms with Crippen LogP contribution >= 0.6 is 0 Å². The average molecular weight is 344 g/mol. The predicted octanol–water partition coefficient (Wildman–Crippen LogP) is 1.03. The predicted molar refractivity (Wildman–Crippen MR) is 91.6 cm³/mol. The fourth-order valence-electron chi connectivity index (χ4n) is 3.03. The minimum Gasteiger partial charge on any atom is -0.497 e. The third-order valence-electron chi connectivity index (χ3n) is 4.46. The molecule has 1 aromatic heterocycles. The Balaban J connectivity index is 1.80. The van der Waals surface area contributed by atoms with E-state index in [0.717, 1.165) is 5.39 Å². The number of ether oxygens (including phenoxy) is 1. The summed E-state index contributed by atoms with van der Waals surface area (Å²) in [6.45, 7) is 3.62. The van der Waals surface area contributed by atoms with Gasteiger partial charge in [0, 0.05) is 50.6 Å². The van der Waals surface area contributed by atoms with E-state index in [1.54, 1.807) is 28.0 Å². The van der Waals surface area contributed by atoms with Gasteiger partial charge < -0.3 is 19.0 Å². The largest absolute Gasteiger partial charge is 0.497 e. The number of hydrogen-bond donors (Lipinski definition) is 0. The van der Waals surface area contributed by atoms with E-state index in [-0.39, 0.29) is 18.2 Å². The zero-order valence-corrected chi connectivity index (χ0v) is 14.3. The molecule has 1 aromatic carbocycles. The molecule has 2 heterocycles. The van der Waals surface area contributed by atoms with Gasteiger partial charge in [0.25, 0.3) is 0 Å². The van der Waals surface area contributed by atoms with Crippen LogP contribution in [0, 0.1) is 0 Å². The molecule has 0 spiro atoms. The number of rotatable bonds is 3. The SMILES string of the molecule is COc1ccc2c(CC(=O)N3CCN(C(C)=O)CC3)cc(=O)oc2c1. The molecule has 7 nitrogen and oxygen atoms in total. The Hall–Kier alpha value is -2.83. The van der Waals surface area contributed by atoms with Crippen LogP contribution in [-0.4, -0.2) is 54.9 Å². The van der Waals surface area contributed by atoms with Crippen LogP contribution in [0.15, 0.2) is 33.5 Å². The standard InChI is InChI=1S/C18H20N2O5/c1-12(21)19-5-7-20(8-6-19)17(22)9-13-10-18(23)25-16-11-14(24-2)3-4-15(13)16/h3-4,10-11H,5-9H2,1-2H3. The van der Waals surface area contributed by atoms with Gasteiger partial charge in [-0.3, -0.25) is 9.59 Å². The summed E-state index contributed by atoms with van der Waals surface area (Å²) in [5, 5.41) is 0.719. The molecule has 0 aliphatic carbocycles. The molecule has 2 aromatic rings. The number of hydrogen-bond acceptors (Lipinski definition) is 5. The molecule has 1 fully saturated rings. The van der Waals surface area contributed by atoms with Crippen molar-refractivity contribution in [2.75, 3.05) is 33.3 Å². The fourth-order valence-corrected chi connectivity index (χ4v) is 3.03. The minimum atomic E-state index is -0.495. The Labute approximate surface area is 144 Å². The van der Waals surface area contributed by atoms with E-state index < -0.39 is 5.63 Å². The average Bonchev–Trinajstić information content (AvgIpc) is 2.61. The first-order valence-electron chi connectivity index (χ1n) is 8.12. The molecule has 1 aliphatic heterocycles. The minimum absolute atomic E-state index is 0.0210. The number of carbonyl (C=O) groups is 2. The Morgan fingerprint density at radius 1 is 1.12 bits per heavy atom. The summed E-state index contributed by atoms with van der Waals surface area (Å²) >= 11 is 0. The maximum Gasteiger partial charge on any atom is 0.336 e. The summed E-state index contributed by atoms with van der Waals surface area (Å²) in [6.07, 6.45) is 0.120. The Morgan fingerprint density at radius 2 is 1.80 bits per heavy atom. The third kappa shape index (κ3) is 3.65. The highest BCUT2D eigenvalue weighted by molar-refractivity contribution is 5.88. The van der Waals surface area contributed by atoms with Crippen LogP contribution in [0.5, 0.6) is 5.75 Å². The number of amides is 2. The number of carbonyl (C=O) groups excluding carboxylic acids is 2. The van der Waals surface area contributed by atoms with Crippen LogP contribution in [0.2, 0.25) is 0 Å². The maximum absolute atomic E-state index is 12.6. The van der Waals surface area contributed by atoms with Crippen molar-refractivity contribution >= 4 is 22.8 Å². The van der Waals surface area contributed by atoms with Crippen LogP contribution in [0.4, 0.5) is 0 Å². The second kappa shape index (κ2) is 6.96. The first kappa shape index (κ1) is 17.0. The van der Waals surface area contributed by atoms with E-state index in [1.807, 2.05) is 0 Å². The molecular formula is C18H20N2O5. The molecule has 3 rings (SSSR count). The highest BCUT2D eigenvalue weighted by atomic mass is 16.5. The molecule has 0 unspecified atom stereocenters. The molecule has 2 amide bonds. The van der Waals surface area contributed by atoms with Gasteiger partial charge in [0.1, 0.15) is 11.3 Å². The van der Waals surface area contributed by atoms with Crippen molar-refractivity contribution in [2.24, 2.45) is 0 Å². The summed E-state index contributed by atoms with van der Waals surface area (Å²) < 4.78 is 10.3. The lowest BCUT2D eigenvalue weighted by atomic mass is 10.1. The number of fused-ring (bicyclic) bond motifs is 1. The molecule has 0 atom stereocenters. The lowest BCUT2D eigenvalue weighted by molar-refractivity contribution is -0.137. The maximum atomic E-state index is 12.6. The summed E-state index contributed by atoms with van der Waals surface area (Å²) in [6, 6.07) is 6.55. The van der Waals surface area contributed by atoms with Crippen molar-refractivity contribution in [1.82, 2.24) is 9.80 Å². The van der Waals surface area contributed by atoms with E-state index >= 15 is 0 Å². The van der Waals surface area contributed by atoms with Gasteiger partial charge in [0.15, 0.2) is 0 Å². The molecule has 0 N–H and O–H groups in total. The van der Waals surface area contributed by atoms with E-state index in [0.29, 0.717) is 43.1 Å². The summed E-state index contributed by atoms with van der Waals surface area (Å²) in [7, 11) is 1.54. The quantitative estimate of drug-likeness (QED) is 0.777. The first-order valence-corrected chi connectivity index (χ1v) is 8.12. The van der Waals surface area contributed by atoms with Gasteiger partial charge in [0.05, 0.1) is 13.5 Å². The summed E-state index contributed by atoms with van der Waals surface area (Å²) in [5.74, 6) is 0.540. The second-order valence-corrected chi connectivity index (χ2v) is 6.02. The van der Waals surface area contributed by atoms with Crippen LogP contribution in [0.1, 0.15) is 12.5 Å². The highest BCUT2D eigenvalue weighted by Crippen LogP contribution is 2.23. The molecule has 0 radical (unpaired) electrons. The third-order valence-corrected chi connectivity index (χ3v) is 4.46. The molecule has 0 saturated carbocycles. The smallest absolute Gasteiger partial charge is 0.336 e. The molecule has 0 bridgehead atoms. The summed E-state index contributed by atoms with van der Waals surface area (Å²) in [5.41, 5.74) is 0.536. The normalized spacial score (nSPS) is 14.6. The monoisotopic (exact) mass is 344 g/mol. The van der Waals surface area contributed by atoms with Gasteiger partial charge in [-0.25, -0.2) is 4.79 Å². The van der Waals surface area contributed by atoms with Gasteiger partial charge in [-0.1, -0.05) is 0 Å². The Kier molecular flexibility index (Phi) is 4.74. The summed E-state index contributed by atoms with van der Waals surface area (Å²) in [4.78, 5) is 39.2. The van der Waals surface area contributed by atoms with Crippen LogP contribution in [-0.2, 0) is 16.0 Å². The van der Waals surface area contributed by atoms with E-state index in [2.05, 4.69) is 0 Å². The zero-order chi connectivity index (χ0) is 18.0. The second-order valence-electron chi connectivity index (χ2n) is 6.02. The molecule has 7 heteroatoms. The number of benzene rings is 1. The topological polar surface area (TPSA) is 80.1 Å². The highest BCUT2D eigenvalue weighted by Gasteiger charge is 2.23. The van der Waals surface area contributed by atoms with Crippen molar-refractivity contribution in [3.63, 3.8) is 0 Å². The number of methoxy groups -OCH3 is 1. The van der Waals surface area contributed by atoms with Gasteiger partial charge in [0.2, 0.25) is 11.8 Å². The molecule has 1 saturated heterocycles. The molecule has 1 aliphatic rings. The van der Waals surface area contributed by atoms with E-state index in [1.165, 1.54) is 20.1 Å². The van der Waals surface area contributed by atoms with Gasteiger partial charge in [-0.15, -0.1) is 0 Å². The Bertz CT molecular complexity index is 865. The Morgan fingerprint density at radius 3 is 2.44 bits per heavy atom. The number of nitrogens with zero attached hydrogens (tertiary/aromatic N) is 2. The van der Waals surface area contributed by atoms with Crippen LogP contribution in [0.25, 0.3) is 11.0 Å². The lowest BCUT2D eigenvalue weighted by Crippen LogP contribution is -2.50. The van der Waals surface area contributed by atoms with Crippen molar-refractivity contribution in [1.29, 1.82) is 0 Å². The number of piperazine rings is 1. The first-order chi connectivity index (χ1) is 12.0. The van der Waals surface area contributed by atoms with E-state index in [9.17, 15) is 14.4 Å². The molecular weight excluding hydrogens is 324 g/mol. The van der Waals surface area contributed by atoms with Crippen LogP contribution < -0.4 is 10.4 Å². The van der Waals surface area contributed by atoms with Gasteiger partial charge in [-0.2, -0.15) is 0 Å². The lowest BCUT2D eigenvalue weighted by Gasteiger charge is -2.34. The van der Waals surface area contributed by atoms with Crippen LogP contribution in [0.3, 0.4) is 0 Å². The van der Waals surface area contributed by atoms with Crippen molar-refractivity contribution in [3.05, 3.63) is 40.2 Å². The fraction of sp³-hybridized carbons (Fsp3) is 0.389. The van der Waals surface area contributed by atoms with Crippen molar-refractivity contribution < 1.29 is 18.7 Å². The zero-order valence-electron chi connectivity index (χ0n) is 14.3. The van der Waals surface area contributed by atoms with Gasteiger partial charge >= 0.3 is 5.63 Å². The molecule has 132 valence electrons. The van der Waals surface area contributed by atoms with Crippen molar-refractivity contribution in [3.8, 4) is 5.75 Å². The molecule has 25 heavy (non-hydrogen) atoms. The van der Waals surface area contributed by atoms with Crippen molar-refractivity contribution in [2.45, 2.75) is 13.3 Å².